The van der Waals surface area contributed by atoms with Crippen molar-refractivity contribution in [3.05, 3.63) is 51.2 Å². The van der Waals surface area contributed by atoms with Gasteiger partial charge in [0.1, 0.15) is 11.4 Å². The van der Waals surface area contributed by atoms with Crippen molar-refractivity contribution in [2.75, 3.05) is 18.5 Å². The van der Waals surface area contributed by atoms with E-state index in [9.17, 15) is 19.7 Å². The minimum atomic E-state index is -0.731. The van der Waals surface area contributed by atoms with Crippen molar-refractivity contribution in [3.8, 4) is 0 Å². The summed E-state index contributed by atoms with van der Waals surface area (Å²) < 4.78 is 6.05. The molecule has 1 aliphatic heterocycles. The first kappa shape index (κ1) is 19.5. The van der Waals surface area contributed by atoms with Crippen molar-refractivity contribution >= 4 is 23.5 Å². The Labute approximate surface area is 161 Å². The second-order valence-electron chi connectivity index (χ2n) is 7.00. The third-order valence-electron chi connectivity index (χ3n) is 4.51. The molecule has 0 fully saturated rings. The molecule has 2 heterocycles. The number of para-hydroxylation sites is 1. The summed E-state index contributed by atoms with van der Waals surface area (Å²) in [5, 5.41) is 21.5. The van der Waals surface area contributed by atoms with Gasteiger partial charge in [0.15, 0.2) is 0 Å². The Balaban J connectivity index is 2.06. The lowest BCUT2D eigenvalue weighted by molar-refractivity contribution is -0.385. The molecule has 0 spiro atoms. The molecule has 2 aromatic rings. The third kappa shape index (κ3) is 3.46. The number of nitro benzene ring substituents is 1. The normalized spacial score (nSPS) is 14.8. The largest absolute Gasteiger partial charge is 0.448 e. The Kier molecular flexibility index (Phi) is 5.14. The molecule has 0 radical (unpaired) electrons. The van der Waals surface area contributed by atoms with Crippen LogP contribution in [0.5, 0.6) is 0 Å². The molecule has 1 aromatic carbocycles. The number of carbonyl (C=O) groups excluding carboxylic acids is 2. The first-order chi connectivity index (χ1) is 13.3. The van der Waals surface area contributed by atoms with Crippen LogP contribution in [0.3, 0.4) is 0 Å². The Morgan fingerprint density at radius 1 is 1.39 bits per heavy atom. The molecule has 0 saturated carbocycles. The number of hydrogen-bond acceptors (Lipinski definition) is 7. The van der Waals surface area contributed by atoms with Gasteiger partial charge >= 0.3 is 6.09 Å². The van der Waals surface area contributed by atoms with Crippen molar-refractivity contribution < 1.29 is 19.2 Å². The fourth-order valence-electron chi connectivity index (χ4n) is 3.19. The maximum atomic E-state index is 12.8. The molecule has 3 rings (SSSR count). The van der Waals surface area contributed by atoms with E-state index in [1.807, 2.05) is 13.8 Å². The number of hydrogen-bond donors (Lipinski definition) is 2. The predicted octanol–water partition coefficient (Wildman–Crippen LogP) is 2.43. The summed E-state index contributed by atoms with van der Waals surface area (Å²) in [5.41, 5.74) is 0.507. The molecule has 0 saturated heterocycles. The number of aromatic nitrogens is 2. The van der Waals surface area contributed by atoms with E-state index in [4.69, 9.17) is 4.74 Å². The number of nitrogens with zero attached hydrogens (tertiary/aromatic N) is 3. The number of nitro groups is 1. The molecule has 1 aliphatic rings. The molecule has 28 heavy (non-hydrogen) atoms. The average Bonchev–Trinajstić information content (AvgIpc) is 3.02. The van der Waals surface area contributed by atoms with Crippen LogP contribution in [0.25, 0.3) is 0 Å². The number of amides is 1. The smallest absolute Gasteiger partial charge is 0.436 e. The number of ether oxygens (including phenoxy) is 1. The van der Waals surface area contributed by atoms with Crippen molar-refractivity contribution in [2.45, 2.75) is 32.7 Å². The average molecular weight is 387 g/mol. The minimum Gasteiger partial charge on any atom is -0.448 e. The van der Waals surface area contributed by atoms with Crippen LogP contribution in [0, 0.1) is 10.1 Å². The SMILES string of the molecule is CCOC(=O)n1nc2c(c1NC(=O)c1ccccc1[N+](=O)[O-])CNCC2(C)C. The highest BCUT2D eigenvalue weighted by Crippen LogP contribution is 2.34. The van der Waals surface area contributed by atoms with E-state index in [0.717, 1.165) is 4.68 Å². The fourth-order valence-corrected chi connectivity index (χ4v) is 3.19. The molecule has 0 aliphatic carbocycles. The first-order valence-electron chi connectivity index (χ1n) is 8.81. The van der Waals surface area contributed by atoms with E-state index in [1.165, 1.54) is 24.3 Å². The second-order valence-corrected chi connectivity index (χ2v) is 7.00. The minimum absolute atomic E-state index is 0.110. The van der Waals surface area contributed by atoms with Gasteiger partial charge in [-0.2, -0.15) is 5.10 Å². The van der Waals surface area contributed by atoms with Crippen LogP contribution in [0.1, 0.15) is 42.4 Å². The van der Waals surface area contributed by atoms with Crippen molar-refractivity contribution in [1.29, 1.82) is 0 Å². The zero-order chi connectivity index (χ0) is 20.5. The van der Waals surface area contributed by atoms with Crippen LogP contribution in [0.15, 0.2) is 24.3 Å². The first-order valence-corrected chi connectivity index (χ1v) is 8.81. The summed E-state index contributed by atoms with van der Waals surface area (Å²) in [6, 6.07) is 5.61. The monoisotopic (exact) mass is 387 g/mol. The quantitative estimate of drug-likeness (QED) is 0.609. The molecule has 0 unspecified atom stereocenters. The number of anilines is 1. The van der Waals surface area contributed by atoms with E-state index in [0.29, 0.717) is 24.3 Å². The van der Waals surface area contributed by atoms with E-state index >= 15 is 0 Å². The van der Waals surface area contributed by atoms with Gasteiger partial charge in [0.25, 0.3) is 11.6 Å². The highest BCUT2D eigenvalue weighted by atomic mass is 16.6. The van der Waals surface area contributed by atoms with Gasteiger partial charge in [-0.25, -0.2) is 4.79 Å². The van der Waals surface area contributed by atoms with Crippen LogP contribution >= 0.6 is 0 Å². The van der Waals surface area contributed by atoms with Gasteiger partial charge in [0.05, 0.1) is 17.2 Å². The van der Waals surface area contributed by atoms with Crippen LogP contribution in [0.4, 0.5) is 16.3 Å². The standard InChI is InChI=1S/C18H21N5O5/c1-4-28-17(25)22-15(12-9-19-10-18(2,3)14(12)21-22)20-16(24)11-7-5-6-8-13(11)23(26)27/h5-8,19H,4,9-10H2,1-3H3,(H,20,24). The number of nitrogens with one attached hydrogen (secondary N) is 2. The third-order valence-corrected chi connectivity index (χ3v) is 4.51. The Bertz CT molecular complexity index is 950. The maximum absolute atomic E-state index is 12.8. The van der Waals surface area contributed by atoms with Gasteiger partial charge < -0.3 is 15.4 Å². The summed E-state index contributed by atoms with van der Waals surface area (Å²) in [4.78, 5) is 35.8. The molecule has 10 nitrogen and oxygen atoms in total. The lowest BCUT2D eigenvalue weighted by Gasteiger charge is -2.29. The summed E-state index contributed by atoms with van der Waals surface area (Å²) in [7, 11) is 0. The Morgan fingerprint density at radius 2 is 2.11 bits per heavy atom. The van der Waals surface area contributed by atoms with Gasteiger partial charge in [-0.1, -0.05) is 26.0 Å². The zero-order valence-corrected chi connectivity index (χ0v) is 15.8. The number of rotatable bonds is 4. The van der Waals surface area contributed by atoms with Crippen molar-refractivity contribution in [2.24, 2.45) is 0 Å². The van der Waals surface area contributed by atoms with Gasteiger partial charge in [-0.15, -0.1) is 4.68 Å². The van der Waals surface area contributed by atoms with E-state index < -0.39 is 16.9 Å². The molecule has 2 N–H and O–H groups in total. The molecule has 1 aromatic heterocycles. The molecule has 10 heteroatoms. The van der Waals surface area contributed by atoms with Gasteiger partial charge in [-0.3, -0.25) is 14.9 Å². The Morgan fingerprint density at radius 3 is 2.79 bits per heavy atom. The summed E-state index contributed by atoms with van der Waals surface area (Å²) in [5.74, 6) is -0.555. The van der Waals surface area contributed by atoms with Crippen molar-refractivity contribution in [3.63, 3.8) is 0 Å². The summed E-state index contributed by atoms with van der Waals surface area (Å²) in [6.07, 6.45) is -0.731. The van der Waals surface area contributed by atoms with Crippen molar-refractivity contribution in [1.82, 2.24) is 15.1 Å². The van der Waals surface area contributed by atoms with Crippen LogP contribution < -0.4 is 10.6 Å². The molecule has 0 bridgehead atoms. The molecule has 0 atom stereocenters. The molecular formula is C18H21N5O5. The highest BCUT2D eigenvalue weighted by Gasteiger charge is 2.36. The summed E-state index contributed by atoms with van der Waals surface area (Å²) >= 11 is 0. The van der Waals surface area contributed by atoms with E-state index in [2.05, 4.69) is 15.7 Å². The second kappa shape index (κ2) is 7.39. The van der Waals surface area contributed by atoms with Gasteiger partial charge in [0, 0.05) is 30.1 Å². The van der Waals surface area contributed by atoms with Gasteiger partial charge in [0.2, 0.25) is 0 Å². The zero-order valence-electron chi connectivity index (χ0n) is 15.8. The fraction of sp³-hybridized carbons (Fsp3) is 0.389. The highest BCUT2D eigenvalue weighted by molar-refractivity contribution is 6.07. The molecular weight excluding hydrogens is 366 g/mol. The van der Waals surface area contributed by atoms with Crippen LogP contribution in [-0.4, -0.2) is 39.9 Å². The number of carbonyl (C=O) groups is 2. The lowest BCUT2D eigenvalue weighted by Crippen LogP contribution is -2.38. The van der Waals surface area contributed by atoms with Gasteiger partial charge in [-0.05, 0) is 13.0 Å². The topological polar surface area (TPSA) is 128 Å². The molecule has 1 amide bonds. The Hall–Kier alpha value is -3.27. The predicted molar refractivity (Wildman–Crippen MR) is 100 cm³/mol. The van der Waals surface area contributed by atoms with Crippen LogP contribution in [0.2, 0.25) is 0 Å². The number of benzene rings is 1. The van der Waals surface area contributed by atoms with E-state index in [1.54, 1.807) is 6.92 Å². The summed E-state index contributed by atoms with van der Waals surface area (Å²) in [6.45, 7) is 6.78. The maximum Gasteiger partial charge on any atom is 0.436 e. The van der Waals surface area contributed by atoms with E-state index in [-0.39, 0.29) is 29.1 Å². The number of fused-ring (bicyclic) bond motifs is 1. The molecule has 148 valence electrons. The van der Waals surface area contributed by atoms with Crippen LogP contribution in [-0.2, 0) is 16.7 Å². The lowest BCUT2D eigenvalue weighted by atomic mass is 9.84.